The smallest absolute Gasteiger partial charge is 0.312 e. The molecule has 0 aliphatic rings. The van der Waals surface area contributed by atoms with Crippen LogP contribution < -0.4 is 11.1 Å². The SMILES string of the molecule is CC.CC.CC(C(=O)N(C)CCNC(N)=O)C(C)(C)C. The van der Waals surface area contributed by atoms with Crippen LogP contribution in [0, 0.1) is 11.3 Å². The van der Waals surface area contributed by atoms with Crippen LogP contribution in [-0.4, -0.2) is 37.0 Å². The van der Waals surface area contributed by atoms with Gasteiger partial charge in [0.25, 0.3) is 0 Å². The number of primary amides is 1. The maximum absolute atomic E-state index is 11.9. The second-order valence-corrected chi connectivity index (χ2v) is 5.14. The molecule has 20 heavy (non-hydrogen) atoms. The van der Waals surface area contributed by atoms with Gasteiger partial charge in [0.2, 0.25) is 5.91 Å². The number of nitrogens with one attached hydrogen (secondary N) is 1. The van der Waals surface area contributed by atoms with Crippen LogP contribution in [0.25, 0.3) is 0 Å². The molecule has 0 aromatic rings. The van der Waals surface area contributed by atoms with E-state index < -0.39 is 6.03 Å². The highest BCUT2D eigenvalue weighted by atomic mass is 16.2. The second-order valence-electron chi connectivity index (χ2n) is 5.14. The van der Waals surface area contributed by atoms with Crippen molar-refractivity contribution in [2.75, 3.05) is 20.1 Å². The summed E-state index contributed by atoms with van der Waals surface area (Å²) in [5, 5.41) is 2.45. The van der Waals surface area contributed by atoms with Gasteiger partial charge in [-0.3, -0.25) is 4.79 Å². The first-order valence-electron chi connectivity index (χ1n) is 7.44. The predicted octanol–water partition coefficient (Wildman–Crippen LogP) is 2.85. The molecule has 5 heteroatoms. The van der Waals surface area contributed by atoms with Crippen LogP contribution in [-0.2, 0) is 4.79 Å². The summed E-state index contributed by atoms with van der Waals surface area (Å²) in [6.07, 6.45) is 0. The molecule has 122 valence electrons. The fourth-order valence-electron chi connectivity index (χ4n) is 1.16. The van der Waals surface area contributed by atoms with Gasteiger partial charge >= 0.3 is 6.03 Å². The first-order valence-corrected chi connectivity index (χ1v) is 7.44. The summed E-state index contributed by atoms with van der Waals surface area (Å²) in [5.74, 6) is 0.0323. The summed E-state index contributed by atoms with van der Waals surface area (Å²) in [6.45, 7) is 16.9. The Kier molecular flexibility index (Phi) is 15.2. The largest absolute Gasteiger partial charge is 0.352 e. The van der Waals surface area contributed by atoms with Crippen molar-refractivity contribution in [1.29, 1.82) is 0 Å². The van der Waals surface area contributed by atoms with Crippen LogP contribution >= 0.6 is 0 Å². The van der Waals surface area contributed by atoms with Gasteiger partial charge in [-0.15, -0.1) is 0 Å². The summed E-state index contributed by atoms with van der Waals surface area (Å²) in [6, 6.07) is -0.565. The van der Waals surface area contributed by atoms with E-state index in [1.807, 2.05) is 55.4 Å². The zero-order valence-electron chi connectivity index (χ0n) is 14.8. The zero-order valence-corrected chi connectivity index (χ0v) is 14.8. The molecule has 3 N–H and O–H groups in total. The van der Waals surface area contributed by atoms with E-state index in [0.717, 1.165) is 0 Å². The Morgan fingerprint density at radius 2 is 1.55 bits per heavy atom. The first-order chi connectivity index (χ1) is 9.16. The van der Waals surface area contributed by atoms with Gasteiger partial charge in [0.1, 0.15) is 0 Å². The van der Waals surface area contributed by atoms with Crippen LogP contribution in [0.3, 0.4) is 0 Å². The average Bonchev–Trinajstić information content (AvgIpc) is 2.40. The van der Waals surface area contributed by atoms with E-state index in [1.54, 1.807) is 11.9 Å². The normalized spacial score (nSPS) is 11.1. The minimum absolute atomic E-state index is 0.0499. The number of likely N-dealkylation sites (N-methyl/N-ethyl adjacent to an activating group) is 1. The second kappa shape index (κ2) is 12.8. The van der Waals surface area contributed by atoms with Crippen molar-refractivity contribution in [1.82, 2.24) is 10.2 Å². The highest BCUT2D eigenvalue weighted by Crippen LogP contribution is 2.26. The van der Waals surface area contributed by atoms with E-state index >= 15 is 0 Å². The number of rotatable bonds is 4. The lowest BCUT2D eigenvalue weighted by Crippen LogP contribution is -2.42. The fraction of sp³-hybridized carbons (Fsp3) is 0.867. The van der Waals surface area contributed by atoms with Crippen molar-refractivity contribution in [2.45, 2.75) is 55.4 Å². The zero-order chi connectivity index (χ0) is 16.9. The van der Waals surface area contributed by atoms with Crippen LogP contribution in [0.5, 0.6) is 0 Å². The summed E-state index contributed by atoms with van der Waals surface area (Å²) >= 11 is 0. The molecule has 0 aliphatic heterocycles. The van der Waals surface area contributed by atoms with Crippen molar-refractivity contribution in [3.63, 3.8) is 0 Å². The Balaban J connectivity index is -0.000000656. The number of urea groups is 1. The van der Waals surface area contributed by atoms with E-state index in [9.17, 15) is 9.59 Å². The van der Waals surface area contributed by atoms with Crippen molar-refractivity contribution in [3.05, 3.63) is 0 Å². The molecule has 0 aliphatic carbocycles. The summed E-state index contributed by atoms with van der Waals surface area (Å²) < 4.78 is 0. The molecule has 0 bridgehead atoms. The van der Waals surface area contributed by atoms with E-state index in [1.165, 1.54) is 0 Å². The van der Waals surface area contributed by atoms with Gasteiger partial charge < -0.3 is 16.0 Å². The van der Waals surface area contributed by atoms with Crippen LogP contribution in [0.1, 0.15) is 55.4 Å². The predicted molar refractivity (Wildman–Crippen MR) is 86.5 cm³/mol. The van der Waals surface area contributed by atoms with E-state index in [4.69, 9.17) is 5.73 Å². The van der Waals surface area contributed by atoms with Crippen LogP contribution in [0.4, 0.5) is 4.79 Å². The van der Waals surface area contributed by atoms with Gasteiger partial charge in [0.15, 0.2) is 0 Å². The molecule has 3 amide bonds. The van der Waals surface area contributed by atoms with E-state index in [2.05, 4.69) is 5.32 Å². The van der Waals surface area contributed by atoms with Gasteiger partial charge in [0.05, 0.1) is 0 Å². The monoisotopic (exact) mass is 289 g/mol. The van der Waals surface area contributed by atoms with Crippen molar-refractivity contribution in [3.8, 4) is 0 Å². The molecule has 0 fully saturated rings. The molecular weight excluding hydrogens is 254 g/mol. The third kappa shape index (κ3) is 11.8. The van der Waals surface area contributed by atoms with Crippen molar-refractivity contribution in [2.24, 2.45) is 17.1 Å². The van der Waals surface area contributed by atoms with Crippen LogP contribution in [0.2, 0.25) is 0 Å². The quantitative estimate of drug-likeness (QED) is 0.835. The number of carbonyl (C=O) groups is 2. The fourth-order valence-corrected chi connectivity index (χ4v) is 1.16. The minimum Gasteiger partial charge on any atom is -0.352 e. The van der Waals surface area contributed by atoms with Crippen molar-refractivity contribution >= 4 is 11.9 Å². The maximum Gasteiger partial charge on any atom is 0.312 e. The minimum atomic E-state index is -0.565. The molecule has 0 radical (unpaired) electrons. The van der Waals surface area contributed by atoms with Gasteiger partial charge in [-0.2, -0.15) is 0 Å². The molecule has 5 nitrogen and oxygen atoms in total. The molecule has 1 atom stereocenters. The molecule has 0 rings (SSSR count). The van der Waals surface area contributed by atoms with E-state index in [-0.39, 0.29) is 17.2 Å². The summed E-state index contributed by atoms with van der Waals surface area (Å²) in [5.41, 5.74) is 4.88. The molecule has 0 heterocycles. The molecule has 0 saturated carbocycles. The molecule has 0 aromatic heterocycles. The molecule has 1 unspecified atom stereocenters. The highest BCUT2D eigenvalue weighted by molar-refractivity contribution is 5.79. The number of hydrogen-bond donors (Lipinski definition) is 2. The highest BCUT2D eigenvalue weighted by Gasteiger charge is 2.28. The lowest BCUT2D eigenvalue weighted by Gasteiger charge is -2.30. The van der Waals surface area contributed by atoms with Gasteiger partial charge in [-0.1, -0.05) is 55.4 Å². The third-order valence-corrected chi connectivity index (χ3v) is 2.79. The summed E-state index contributed by atoms with van der Waals surface area (Å²) in [7, 11) is 1.73. The Hall–Kier alpha value is -1.26. The Labute approximate surface area is 125 Å². The third-order valence-electron chi connectivity index (χ3n) is 2.79. The molecular formula is C15H35N3O2. The number of nitrogens with zero attached hydrogens (tertiary/aromatic N) is 1. The topological polar surface area (TPSA) is 75.4 Å². The lowest BCUT2D eigenvalue weighted by molar-refractivity contribution is -0.136. The van der Waals surface area contributed by atoms with E-state index in [0.29, 0.717) is 13.1 Å². The number of hydrogen-bond acceptors (Lipinski definition) is 2. The standard InChI is InChI=1S/C11H23N3O2.2C2H6/c1-8(11(2,3)4)9(15)14(5)7-6-13-10(12)16;2*1-2/h8H,6-7H2,1-5H3,(H3,12,13,16);2*1-2H3. The maximum atomic E-state index is 11.9. The van der Waals surface area contributed by atoms with Gasteiger partial charge in [0, 0.05) is 26.1 Å². The Morgan fingerprint density at radius 1 is 1.15 bits per heavy atom. The molecule has 0 saturated heterocycles. The average molecular weight is 289 g/mol. The number of amides is 3. The Morgan fingerprint density at radius 3 is 1.85 bits per heavy atom. The first kappa shape index (κ1) is 23.8. The van der Waals surface area contributed by atoms with Gasteiger partial charge in [-0.05, 0) is 5.41 Å². The number of carbonyl (C=O) groups excluding carboxylic acids is 2. The van der Waals surface area contributed by atoms with Crippen LogP contribution in [0.15, 0.2) is 0 Å². The van der Waals surface area contributed by atoms with Crippen molar-refractivity contribution < 1.29 is 9.59 Å². The lowest BCUT2D eigenvalue weighted by atomic mass is 9.81. The summed E-state index contributed by atoms with van der Waals surface area (Å²) in [4.78, 5) is 24.0. The molecule has 0 spiro atoms. The molecule has 0 aromatic carbocycles. The Bertz CT molecular complexity index is 260. The van der Waals surface area contributed by atoms with Gasteiger partial charge in [-0.25, -0.2) is 4.79 Å². The number of nitrogens with two attached hydrogens (primary N) is 1.